The molecule has 0 atom stereocenters. The van der Waals surface area contributed by atoms with E-state index in [2.05, 4.69) is 12.2 Å². The van der Waals surface area contributed by atoms with Crippen LogP contribution in [-0.2, 0) is 33.2 Å². The lowest BCUT2D eigenvalue weighted by Crippen LogP contribution is -2.17. The number of unbranched alkanes of at least 4 members (excludes halogenated alkanes) is 7. The summed E-state index contributed by atoms with van der Waals surface area (Å²) in [6, 6.07) is 0. The fourth-order valence-electron chi connectivity index (χ4n) is 2.93. The Hall–Kier alpha value is -0.320. The minimum atomic E-state index is 0.559. The van der Waals surface area contributed by atoms with Crippen molar-refractivity contribution in [1.29, 1.82) is 0 Å². The number of hydrogen-bond donors (Lipinski definition) is 1. The average Bonchev–Trinajstić information content (AvgIpc) is 2.83. The molecule has 8 heteroatoms. The lowest BCUT2D eigenvalue weighted by Gasteiger charge is -2.08. The minimum Gasteiger partial charge on any atom is -0.379 e. The molecular weight excluding hydrogens is 426 g/mol. The highest BCUT2D eigenvalue weighted by molar-refractivity contribution is 4.46. The third kappa shape index (κ3) is 31.7. The van der Waals surface area contributed by atoms with E-state index in [-0.39, 0.29) is 0 Å². The van der Waals surface area contributed by atoms with E-state index in [0.29, 0.717) is 85.9 Å². The topological polar surface area (TPSA) is 76.6 Å². The van der Waals surface area contributed by atoms with Crippen molar-refractivity contribution in [3.8, 4) is 0 Å². The predicted octanol–water partition coefficient (Wildman–Crippen LogP) is 3.46. The fraction of sp³-hybridized carbons (Fsp3) is 1.00. The van der Waals surface area contributed by atoms with Gasteiger partial charge in [-0.1, -0.05) is 51.9 Å². The van der Waals surface area contributed by atoms with Gasteiger partial charge in [-0.2, -0.15) is 0 Å². The quantitative estimate of drug-likeness (QED) is 0.157. The molecular formula is C25H53NO7. The smallest absolute Gasteiger partial charge is 0.0701 e. The molecule has 0 aliphatic heterocycles. The number of likely N-dealkylation sites (N-methyl/N-ethyl adjacent to an activating group) is 1. The van der Waals surface area contributed by atoms with Crippen LogP contribution in [0.25, 0.3) is 0 Å². The maximum absolute atomic E-state index is 5.60. The Morgan fingerprint density at radius 3 is 1.03 bits per heavy atom. The molecule has 0 radical (unpaired) electrons. The highest BCUT2D eigenvalue weighted by atomic mass is 16.6. The van der Waals surface area contributed by atoms with Crippen molar-refractivity contribution in [2.75, 3.05) is 106 Å². The maximum Gasteiger partial charge on any atom is 0.0701 e. The van der Waals surface area contributed by atoms with Gasteiger partial charge in [0.1, 0.15) is 0 Å². The van der Waals surface area contributed by atoms with E-state index in [4.69, 9.17) is 33.2 Å². The molecule has 0 saturated carbocycles. The molecule has 0 saturated heterocycles. The van der Waals surface area contributed by atoms with Crippen molar-refractivity contribution in [1.82, 2.24) is 5.32 Å². The Labute approximate surface area is 203 Å². The summed E-state index contributed by atoms with van der Waals surface area (Å²) in [5.41, 5.74) is 0. The van der Waals surface area contributed by atoms with Crippen LogP contribution in [0, 0.1) is 0 Å². The van der Waals surface area contributed by atoms with Crippen LogP contribution in [0.1, 0.15) is 58.3 Å². The first-order chi connectivity index (χ1) is 16.4. The van der Waals surface area contributed by atoms with Crippen molar-refractivity contribution in [2.45, 2.75) is 58.3 Å². The van der Waals surface area contributed by atoms with Crippen LogP contribution >= 0.6 is 0 Å². The number of ether oxygens (including phenoxy) is 7. The second kappa shape index (κ2) is 31.7. The summed E-state index contributed by atoms with van der Waals surface area (Å²) in [5.74, 6) is 0. The van der Waals surface area contributed by atoms with Gasteiger partial charge < -0.3 is 38.5 Å². The van der Waals surface area contributed by atoms with Gasteiger partial charge in [0, 0.05) is 13.2 Å². The first-order valence-corrected chi connectivity index (χ1v) is 13.1. The summed E-state index contributed by atoms with van der Waals surface area (Å²) in [7, 11) is 1.90. The van der Waals surface area contributed by atoms with Gasteiger partial charge >= 0.3 is 0 Å². The van der Waals surface area contributed by atoms with Gasteiger partial charge in [-0.25, -0.2) is 0 Å². The molecule has 0 unspecified atom stereocenters. The maximum atomic E-state index is 5.60. The molecule has 0 aliphatic carbocycles. The van der Waals surface area contributed by atoms with E-state index in [1.165, 1.54) is 44.9 Å². The van der Waals surface area contributed by atoms with Crippen LogP contribution in [0.2, 0.25) is 0 Å². The van der Waals surface area contributed by atoms with Gasteiger partial charge in [-0.05, 0) is 13.5 Å². The van der Waals surface area contributed by atoms with E-state index in [0.717, 1.165) is 19.6 Å². The standard InChI is InChI=1S/C25H53NO7/c1-3-4-5-6-7-8-9-10-12-27-14-16-29-18-20-31-22-24-33-25-23-32-21-19-30-17-15-28-13-11-26-2/h26H,3-25H2,1-2H3. The highest BCUT2D eigenvalue weighted by Crippen LogP contribution is 2.08. The first kappa shape index (κ1) is 32.7. The fourth-order valence-corrected chi connectivity index (χ4v) is 2.93. The molecule has 200 valence electrons. The summed E-state index contributed by atoms with van der Waals surface area (Å²) in [4.78, 5) is 0. The van der Waals surface area contributed by atoms with Gasteiger partial charge in [0.15, 0.2) is 0 Å². The SMILES string of the molecule is CCCCCCCCCCOCCOCCOCCOCCOCCOCCOCCNC. The molecule has 33 heavy (non-hydrogen) atoms. The van der Waals surface area contributed by atoms with Gasteiger partial charge in [0.25, 0.3) is 0 Å². The third-order valence-electron chi connectivity index (χ3n) is 4.87. The Morgan fingerprint density at radius 2 is 0.667 bits per heavy atom. The molecule has 0 amide bonds. The Kier molecular flexibility index (Phi) is 31.4. The van der Waals surface area contributed by atoms with Crippen molar-refractivity contribution in [3.63, 3.8) is 0 Å². The number of hydrogen-bond acceptors (Lipinski definition) is 8. The van der Waals surface area contributed by atoms with Crippen LogP contribution in [0.3, 0.4) is 0 Å². The van der Waals surface area contributed by atoms with Crippen LogP contribution < -0.4 is 5.32 Å². The van der Waals surface area contributed by atoms with Crippen molar-refractivity contribution in [2.24, 2.45) is 0 Å². The Balaban J connectivity index is 2.99. The highest BCUT2D eigenvalue weighted by Gasteiger charge is 1.95. The Bertz CT molecular complexity index is 308. The molecule has 0 spiro atoms. The van der Waals surface area contributed by atoms with Crippen molar-refractivity contribution in [3.05, 3.63) is 0 Å². The molecule has 0 aromatic carbocycles. The van der Waals surface area contributed by atoms with Crippen LogP contribution in [0.4, 0.5) is 0 Å². The molecule has 0 fully saturated rings. The number of rotatable bonds is 30. The monoisotopic (exact) mass is 479 g/mol. The summed E-state index contributed by atoms with van der Waals surface area (Å²) in [5, 5.41) is 3.02. The third-order valence-corrected chi connectivity index (χ3v) is 4.87. The van der Waals surface area contributed by atoms with Crippen molar-refractivity contribution >= 4 is 0 Å². The van der Waals surface area contributed by atoms with Gasteiger partial charge in [-0.15, -0.1) is 0 Å². The summed E-state index contributed by atoms with van der Waals surface area (Å²) < 4.78 is 38.3. The van der Waals surface area contributed by atoms with Gasteiger partial charge in [0.2, 0.25) is 0 Å². The minimum absolute atomic E-state index is 0.559. The second-order valence-electron chi connectivity index (χ2n) is 7.87. The van der Waals surface area contributed by atoms with E-state index < -0.39 is 0 Å². The zero-order chi connectivity index (χ0) is 23.9. The lowest BCUT2D eigenvalue weighted by atomic mass is 10.1. The molecule has 8 nitrogen and oxygen atoms in total. The zero-order valence-corrected chi connectivity index (χ0v) is 21.6. The van der Waals surface area contributed by atoms with E-state index >= 15 is 0 Å². The normalized spacial score (nSPS) is 11.5. The zero-order valence-electron chi connectivity index (χ0n) is 21.6. The summed E-state index contributed by atoms with van der Waals surface area (Å²) >= 11 is 0. The van der Waals surface area contributed by atoms with Crippen LogP contribution in [0.15, 0.2) is 0 Å². The van der Waals surface area contributed by atoms with E-state index in [1.54, 1.807) is 0 Å². The molecule has 0 bridgehead atoms. The van der Waals surface area contributed by atoms with Crippen molar-refractivity contribution < 1.29 is 33.2 Å². The largest absolute Gasteiger partial charge is 0.379 e. The lowest BCUT2D eigenvalue weighted by molar-refractivity contribution is -0.0204. The van der Waals surface area contributed by atoms with Gasteiger partial charge in [0.05, 0.1) is 85.9 Å². The molecule has 0 rings (SSSR count). The summed E-state index contributed by atoms with van der Waals surface area (Å²) in [6.07, 6.45) is 10.6. The average molecular weight is 480 g/mol. The summed E-state index contributed by atoms with van der Waals surface area (Å²) in [6.45, 7) is 11.7. The molecule has 0 heterocycles. The Morgan fingerprint density at radius 1 is 0.364 bits per heavy atom. The number of nitrogens with one attached hydrogen (secondary N) is 1. The predicted molar refractivity (Wildman–Crippen MR) is 132 cm³/mol. The van der Waals surface area contributed by atoms with Gasteiger partial charge in [-0.3, -0.25) is 0 Å². The van der Waals surface area contributed by atoms with E-state index in [9.17, 15) is 0 Å². The molecule has 0 aromatic heterocycles. The molecule has 0 aliphatic rings. The molecule has 1 N–H and O–H groups in total. The van der Waals surface area contributed by atoms with Crippen LogP contribution in [-0.4, -0.2) is 106 Å². The van der Waals surface area contributed by atoms with E-state index in [1.807, 2.05) is 7.05 Å². The first-order valence-electron chi connectivity index (χ1n) is 13.1. The second-order valence-corrected chi connectivity index (χ2v) is 7.87. The van der Waals surface area contributed by atoms with Crippen LogP contribution in [0.5, 0.6) is 0 Å². The molecule has 0 aromatic rings.